The van der Waals surface area contributed by atoms with E-state index in [-0.39, 0.29) is 5.54 Å². The molecule has 18 heavy (non-hydrogen) atoms. The summed E-state index contributed by atoms with van der Waals surface area (Å²) in [4.78, 5) is 2.72. The Morgan fingerprint density at radius 1 is 1.28 bits per heavy atom. The summed E-state index contributed by atoms with van der Waals surface area (Å²) in [7, 11) is 0. The summed E-state index contributed by atoms with van der Waals surface area (Å²) in [5, 5.41) is 13.2. The average molecular weight is 254 g/mol. The van der Waals surface area contributed by atoms with Gasteiger partial charge >= 0.3 is 0 Å². The summed E-state index contributed by atoms with van der Waals surface area (Å²) in [6.45, 7) is 7.04. The van der Waals surface area contributed by atoms with Crippen LogP contribution in [0.2, 0.25) is 0 Å². The first-order valence-electron chi connectivity index (χ1n) is 7.82. The van der Waals surface area contributed by atoms with Crippen molar-refractivity contribution in [1.29, 1.82) is 0 Å². The second kappa shape index (κ2) is 6.36. The van der Waals surface area contributed by atoms with Crippen LogP contribution >= 0.6 is 0 Å². The minimum absolute atomic E-state index is 0.00540. The number of rotatable bonds is 4. The van der Waals surface area contributed by atoms with Crippen LogP contribution in [0.4, 0.5) is 0 Å². The predicted molar refractivity (Wildman–Crippen MR) is 75.8 cm³/mol. The van der Waals surface area contributed by atoms with Gasteiger partial charge < -0.3 is 10.4 Å². The van der Waals surface area contributed by atoms with Gasteiger partial charge in [-0.05, 0) is 52.1 Å². The Morgan fingerprint density at radius 2 is 2.11 bits per heavy atom. The predicted octanol–water partition coefficient (Wildman–Crippen LogP) is 2.14. The Morgan fingerprint density at radius 3 is 2.83 bits per heavy atom. The molecule has 2 fully saturated rings. The lowest BCUT2D eigenvalue weighted by atomic mass is 9.98. The van der Waals surface area contributed by atoms with Gasteiger partial charge in [0, 0.05) is 17.6 Å². The summed E-state index contributed by atoms with van der Waals surface area (Å²) in [6, 6.07) is 1.41. The fourth-order valence-electron chi connectivity index (χ4n) is 3.96. The highest BCUT2D eigenvalue weighted by molar-refractivity contribution is 5.00. The van der Waals surface area contributed by atoms with Crippen LogP contribution in [0.1, 0.15) is 58.8 Å². The van der Waals surface area contributed by atoms with Gasteiger partial charge in [0.1, 0.15) is 0 Å². The minimum atomic E-state index is 0.00540. The number of hydrogen-bond acceptors (Lipinski definition) is 3. The second-order valence-electron chi connectivity index (χ2n) is 6.30. The molecule has 1 saturated heterocycles. The van der Waals surface area contributed by atoms with Gasteiger partial charge in [0.05, 0.1) is 6.61 Å². The third-order valence-electron chi connectivity index (χ3n) is 5.01. The SMILES string of the molecule is CCNC1(CO)CCC(N2CCCCCC2C)C1. The van der Waals surface area contributed by atoms with Gasteiger partial charge in [0.15, 0.2) is 0 Å². The molecule has 1 aliphatic heterocycles. The van der Waals surface area contributed by atoms with E-state index in [0.717, 1.165) is 25.4 Å². The summed E-state index contributed by atoms with van der Waals surface area (Å²) in [6.07, 6.45) is 9.00. The molecule has 0 amide bonds. The first-order chi connectivity index (χ1) is 8.71. The maximum atomic E-state index is 9.70. The van der Waals surface area contributed by atoms with E-state index in [2.05, 4.69) is 24.1 Å². The van der Waals surface area contributed by atoms with Gasteiger partial charge in [-0.3, -0.25) is 4.90 Å². The third kappa shape index (κ3) is 3.06. The highest BCUT2D eigenvalue weighted by Crippen LogP contribution is 2.35. The van der Waals surface area contributed by atoms with Gasteiger partial charge in [-0.2, -0.15) is 0 Å². The van der Waals surface area contributed by atoms with E-state index in [9.17, 15) is 5.11 Å². The Kier molecular flexibility index (Phi) is 5.05. The van der Waals surface area contributed by atoms with Crippen LogP contribution in [-0.2, 0) is 0 Å². The second-order valence-corrected chi connectivity index (χ2v) is 6.30. The van der Waals surface area contributed by atoms with Gasteiger partial charge in [0.25, 0.3) is 0 Å². The zero-order valence-electron chi connectivity index (χ0n) is 12.1. The lowest BCUT2D eigenvalue weighted by Crippen LogP contribution is -2.48. The van der Waals surface area contributed by atoms with Crippen molar-refractivity contribution < 1.29 is 5.11 Å². The fraction of sp³-hybridized carbons (Fsp3) is 1.00. The number of hydrogen-bond donors (Lipinski definition) is 2. The largest absolute Gasteiger partial charge is 0.394 e. The van der Waals surface area contributed by atoms with E-state index in [4.69, 9.17) is 0 Å². The van der Waals surface area contributed by atoms with Crippen LogP contribution in [0.15, 0.2) is 0 Å². The molecule has 0 bridgehead atoms. The van der Waals surface area contributed by atoms with Crippen molar-refractivity contribution in [3.8, 4) is 0 Å². The quantitative estimate of drug-likeness (QED) is 0.807. The van der Waals surface area contributed by atoms with Crippen molar-refractivity contribution in [1.82, 2.24) is 10.2 Å². The lowest BCUT2D eigenvalue weighted by molar-refractivity contribution is 0.122. The molecule has 1 aliphatic carbocycles. The number of aliphatic hydroxyl groups excluding tert-OH is 1. The molecule has 3 atom stereocenters. The average Bonchev–Trinajstić information content (AvgIpc) is 2.67. The standard InChI is InChI=1S/C15H30N2O/c1-3-16-15(12-18)9-8-14(11-15)17-10-6-4-5-7-13(17)2/h13-14,16,18H,3-12H2,1-2H3. The normalized spacial score (nSPS) is 38.8. The summed E-state index contributed by atoms with van der Waals surface area (Å²) in [5.41, 5.74) is 0.00540. The molecule has 2 aliphatic rings. The number of aliphatic hydroxyl groups is 1. The molecule has 1 heterocycles. The maximum Gasteiger partial charge on any atom is 0.0613 e. The molecular formula is C15H30N2O. The molecule has 0 aromatic rings. The van der Waals surface area contributed by atoms with Crippen molar-refractivity contribution >= 4 is 0 Å². The van der Waals surface area contributed by atoms with Crippen molar-refractivity contribution in [2.24, 2.45) is 0 Å². The van der Waals surface area contributed by atoms with E-state index < -0.39 is 0 Å². The van der Waals surface area contributed by atoms with Crippen LogP contribution in [0.25, 0.3) is 0 Å². The zero-order chi connectivity index (χ0) is 13.0. The molecule has 3 unspecified atom stereocenters. The van der Waals surface area contributed by atoms with Gasteiger partial charge in [-0.25, -0.2) is 0 Å². The van der Waals surface area contributed by atoms with Gasteiger partial charge in [0.2, 0.25) is 0 Å². The summed E-state index contributed by atoms with van der Waals surface area (Å²) in [5.74, 6) is 0. The zero-order valence-corrected chi connectivity index (χ0v) is 12.1. The molecule has 0 aromatic carbocycles. The number of likely N-dealkylation sites (N-methyl/N-ethyl adjacent to an activating group) is 1. The maximum absolute atomic E-state index is 9.70. The first kappa shape index (κ1) is 14.3. The number of likely N-dealkylation sites (tertiary alicyclic amines) is 1. The van der Waals surface area contributed by atoms with E-state index in [1.807, 2.05) is 0 Å². The molecule has 106 valence electrons. The van der Waals surface area contributed by atoms with Gasteiger partial charge in [-0.15, -0.1) is 0 Å². The molecule has 0 aromatic heterocycles. The monoisotopic (exact) mass is 254 g/mol. The Hall–Kier alpha value is -0.120. The molecule has 2 N–H and O–H groups in total. The summed E-state index contributed by atoms with van der Waals surface area (Å²) >= 11 is 0. The van der Waals surface area contributed by atoms with Crippen molar-refractivity contribution in [2.75, 3.05) is 19.7 Å². The highest BCUT2D eigenvalue weighted by atomic mass is 16.3. The minimum Gasteiger partial charge on any atom is -0.394 e. The Balaban J connectivity index is 1.97. The number of nitrogens with zero attached hydrogens (tertiary/aromatic N) is 1. The van der Waals surface area contributed by atoms with Crippen molar-refractivity contribution in [2.45, 2.75) is 76.4 Å². The topological polar surface area (TPSA) is 35.5 Å². The van der Waals surface area contributed by atoms with Crippen LogP contribution < -0.4 is 5.32 Å². The smallest absolute Gasteiger partial charge is 0.0613 e. The molecular weight excluding hydrogens is 224 g/mol. The molecule has 3 heteroatoms. The first-order valence-corrected chi connectivity index (χ1v) is 7.82. The van der Waals surface area contributed by atoms with E-state index in [1.54, 1.807) is 0 Å². The number of nitrogens with one attached hydrogen (secondary N) is 1. The molecule has 3 nitrogen and oxygen atoms in total. The molecule has 0 spiro atoms. The van der Waals surface area contributed by atoms with Crippen LogP contribution in [0.3, 0.4) is 0 Å². The Bertz CT molecular complexity index is 259. The highest BCUT2D eigenvalue weighted by Gasteiger charge is 2.41. The molecule has 0 radical (unpaired) electrons. The van der Waals surface area contributed by atoms with Crippen molar-refractivity contribution in [3.05, 3.63) is 0 Å². The molecule has 1 saturated carbocycles. The fourth-order valence-corrected chi connectivity index (χ4v) is 3.96. The lowest BCUT2D eigenvalue weighted by Gasteiger charge is -2.35. The van der Waals surface area contributed by atoms with Gasteiger partial charge in [-0.1, -0.05) is 19.8 Å². The van der Waals surface area contributed by atoms with E-state index >= 15 is 0 Å². The third-order valence-corrected chi connectivity index (χ3v) is 5.01. The van der Waals surface area contributed by atoms with Crippen LogP contribution in [-0.4, -0.2) is 47.3 Å². The summed E-state index contributed by atoms with van der Waals surface area (Å²) < 4.78 is 0. The van der Waals surface area contributed by atoms with E-state index in [0.29, 0.717) is 12.6 Å². The van der Waals surface area contributed by atoms with Crippen LogP contribution in [0, 0.1) is 0 Å². The van der Waals surface area contributed by atoms with Crippen LogP contribution in [0.5, 0.6) is 0 Å². The van der Waals surface area contributed by atoms with E-state index in [1.165, 1.54) is 38.6 Å². The van der Waals surface area contributed by atoms with Crippen molar-refractivity contribution in [3.63, 3.8) is 0 Å². The Labute approximate surface area is 112 Å². The molecule has 2 rings (SSSR count).